The molecule has 0 bridgehead atoms. The van der Waals surface area contributed by atoms with Gasteiger partial charge in [-0.05, 0) is 43.9 Å². The maximum Gasteiger partial charge on any atom is 0.0782 e. The molecule has 1 nitrogen and oxygen atoms in total. The highest BCUT2D eigenvalue weighted by molar-refractivity contribution is 5.79. The lowest BCUT2D eigenvalue weighted by molar-refractivity contribution is 0.716. The number of aryl methyl sites for hydroxylation is 2. The number of allylic oxidation sites excluding steroid dienone is 1. The molecule has 0 atom stereocenters. The van der Waals surface area contributed by atoms with Crippen molar-refractivity contribution in [1.29, 1.82) is 0 Å². The van der Waals surface area contributed by atoms with Crippen LogP contribution in [0.25, 0.3) is 16.8 Å². The van der Waals surface area contributed by atoms with E-state index in [-0.39, 0.29) is 0 Å². The van der Waals surface area contributed by atoms with Gasteiger partial charge in [0.2, 0.25) is 0 Å². The summed E-state index contributed by atoms with van der Waals surface area (Å²) in [4.78, 5) is 4.79. The van der Waals surface area contributed by atoms with Gasteiger partial charge in [-0.3, -0.25) is 4.98 Å². The normalized spacial score (nSPS) is 10.6. The molecule has 1 aromatic carbocycles. The number of hydrogen-bond donors (Lipinski definition) is 0. The van der Waals surface area contributed by atoms with Crippen LogP contribution in [0.2, 0.25) is 0 Å². The standard InChI is InChI=1S/C20H25N/c1-5-6-8-13-18-14-16(4)21-20(19(18)15(2)3)17-11-9-7-10-12-17/h7,9-12,14H,2,5-6,8,13H2,1,3-4H3. The molecule has 0 unspecified atom stereocenters. The minimum Gasteiger partial charge on any atom is -0.252 e. The Morgan fingerprint density at radius 3 is 2.48 bits per heavy atom. The van der Waals surface area contributed by atoms with Gasteiger partial charge in [0.15, 0.2) is 0 Å². The van der Waals surface area contributed by atoms with Crippen LogP contribution >= 0.6 is 0 Å². The molecule has 2 rings (SSSR count). The van der Waals surface area contributed by atoms with E-state index in [2.05, 4.69) is 57.7 Å². The first kappa shape index (κ1) is 15.5. The van der Waals surface area contributed by atoms with Crippen LogP contribution in [-0.2, 0) is 6.42 Å². The van der Waals surface area contributed by atoms with Gasteiger partial charge >= 0.3 is 0 Å². The Hall–Kier alpha value is -1.89. The van der Waals surface area contributed by atoms with Gasteiger partial charge in [0.25, 0.3) is 0 Å². The molecular formula is C20H25N. The highest BCUT2D eigenvalue weighted by Gasteiger charge is 2.13. The molecule has 1 heterocycles. The van der Waals surface area contributed by atoms with Crippen molar-refractivity contribution < 1.29 is 0 Å². The number of rotatable bonds is 6. The molecule has 2 aromatic rings. The summed E-state index contributed by atoms with van der Waals surface area (Å²) >= 11 is 0. The molecule has 1 aromatic heterocycles. The summed E-state index contributed by atoms with van der Waals surface area (Å²) in [7, 11) is 0. The molecule has 0 fully saturated rings. The van der Waals surface area contributed by atoms with Crippen molar-refractivity contribution in [3.8, 4) is 11.3 Å². The largest absolute Gasteiger partial charge is 0.252 e. The lowest BCUT2D eigenvalue weighted by atomic mass is 9.92. The molecule has 0 aliphatic rings. The third-order valence-electron chi connectivity index (χ3n) is 3.75. The van der Waals surface area contributed by atoms with E-state index in [0.29, 0.717) is 0 Å². The van der Waals surface area contributed by atoms with Crippen LogP contribution in [0.4, 0.5) is 0 Å². The monoisotopic (exact) mass is 279 g/mol. The van der Waals surface area contributed by atoms with Crippen molar-refractivity contribution in [3.05, 3.63) is 59.8 Å². The van der Waals surface area contributed by atoms with Crippen LogP contribution < -0.4 is 0 Å². The molecule has 1 heteroatoms. The van der Waals surface area contributed by atoms with Crippen molar-refractivity contribution in [1.82, 2.24) is 4.98 Å². The smallest absolute Gasteiger partial charge is 0.0782 e. The van der Waals surface area contributed by atoms with E-state index in [4.69, 9.17) is 4.98 Å². The predicted octanol–water partition coefficient (Wildman–Crippen LogP) is 5.82. The number of unbranched alkanes of at least 4 members (excludes halogenated alkanes) is 2. The number of nitrogens with zero attached hydrogens (tertiary/aromatic N) is 1. The molecule has 0 spiro atoms. The minimum atomic E-state index is 1.08. The van der Waals surface area contributed by atoms with Crippen LogP contribution in [0.3, 0.4) is 0 Å². The van der Waals surface area contributed by atoms with Crippen molar-refractivity contribution in [3.63, 3.8) is 0 Å². The third kappa shape index (κ3) is 3.81. The molecule has 0 aliphatic carbocycles. The van der Waals surface area contributed by atoms with Gasteiger partial charge in [-0.15, -0.1) is 0 Å². The molecule has 0 saturated carbocycles. The van der Waals surface area contributed by atoms with E-state index in [1.165, 1.54) is 36.0 Å². The summed E-state index contributed by atoms with van der Waals surface area (Å²) in [5, 5.41) is 0. The van der Waals surface area contributed by atoms with E-state index < -0.39 is 0 Å². The Labute approximate surface area is 128 Å². The fourth-order valence-electron chi connectivity index (χ4n) is 2.78. The Bertz CT molecular complexity index is 611. The SMILES string of the molecule is C=C(C)c1c(CCCCC)cc(C)nc1-c1ccccc1. The van der Waals surface area contributed by atoms with Crippen LogP contribution in [0.1, 0.15) is 49.9 Å². The van der Waals surface area contributed by atoms with Crippen LogP contribution in [0.15, 0.2) is 43.0 Å². The Morgan fingerprint density at radius 1 is 1.14 bits per heavy atom. The number of aromatic nitrogens is 1. The Balaban J connectivity index is 2.51. The lowest BCUT2D eigenvalue weighted by Crippen LogP contribution is -2.01. The lowest BCUT2D eigenvalue weighted by Gasteiger charge is -2.16. The molecule has 21 heavy (non-hydrogen) atoms. The van der Waals surface area contributed by atoms with Crippen LogP contribution in [-0.4, -0.2) is 4.98 Å². The maximum absolute atomic E-state index is 4.79. The van der Waals surface area contributed by atoms with Crippen molar-refractivity contribution in [2.24, 2.45) is 0 Å². The second-order valence-electron chi connectivity index (χ2n) is 5.75. The van der Waals surface area contributed by atoms with E-state index in [1.807, 2.05) is 6.07 Å². The Kier molecular flexibility index (Phi) is 5.32. The first-order valence-electron chi connectivity index (χ1n) is 7.85. The summed E-state index contributed by atoms with van der Waals surface area (Å²) in [6, 6.07) is 12.7. The quantitative estimate of drug-likeness (QED) is 0.607. The molecule has 0 N–H and O–H groups in total. The second-order valence-corrected chi connectivity index (χ2v) is 5.75. The van der Waals surface area contributed by atoms with E-state index in [9.17, 15) is 0 Å². The van der Waals surface area contributed by atoms with E-state index >= 15 is 0 Å². The van der Waals surface area contributed by atoms with E-state index in [1.54, 1.807) is 0 Å². The van der Waals surface area contributed by atoms with Gasteiger partial charge in [0.05, 0.1) is 5.69 Å². The average Bonchev–Trinajstić information content (AvgIpc) is 2.47. The van der Waals surface area contributed by atoms with Crippen molar-refractivity contribution in [2.45, 2.75) is 46.5 Å². The summed E-state index contributed by atoms with van der Waals surface area (Å²) < 4.78 is 0. The van der Waals surface area contributed by atoms with Gasteiger partial charge in [-0.25, -0.2) is 0 Å². The molecule has 0 saturated heterocycles. The molecule has 0 amide bonds. The molecule has 0 aliphatic heterocycles. The zero-order chi connectivity index (χ0) is 15.2. The topological polar surface area (TPSA) is 12.9 Å². The van der Waals surface area contributed by atoms with Crippen LogP contribution in [0.5, 0.6) is 0 Å². The van der Waals surface area contributed by atoms with Gasteiger partial charge in [-0.2, -0.15) is 0 Å². The van der Waals surface area contributed by atoms with Gasteiger partial charge in [-0.1, -0.05) is 56.7 Å². The molecule has 0 radical (unpaired) electrons. The summed E-state index contributed by atoms with van der Waals surface area (Å²) in [5.74, 6) is 0. The van der Waals surface area contributed by atoms with Crippen molar-refractivity contribution >= 4 is 5.57 Å². The maximum atomic E-state index is 4.79. The van der Waals surface area contributed by atoms with Gasteiger partial charge < -0.3 is 0 Å². The number of pyridine rings is 1. The number of benzene rings is 1. The highest BCUT2D eigenvalue weighted by Crippen LogP contribution is 2.31. The highest BCUT2D eigenvalue weighted by atomic mass is 14.7. The summed E-state index contributed by atoms with van der Waals surface area (Å²) in [6.07, 6.45) is 4.86. The van der Waals surface area contributed by atoms with Crippen molar-refractivity contribution in [2.75, 3.05) is 0 Å². The Morgan fingerprint density at radius 2 is 1.86 bits per heavy atom. The summed E-state index contributed by atoms with van der Waals surface area (Å²) in [5.41, 5.74) is 7.08. The summed E-state index contributed by atoms with van der Waals surface area (Å²) in [6.45, 7) is 10.6. The van der Waals surface area contributed by atoms with E-state index in [0.717, 1.165) is 23.4 Å². The predicted molar refractivity (Wildman–Crippen MR) is 92.3 cm³/mol. The number of hydrogen-bond acceptors (Lipinski definition) is 1. The fraction of sp³-hybridized carbons (Fsp3) is 0.350. The van der Waals surface area contributed by atoms with Gasteiger partial charge in [0.1, 0.15) is 0 Å². The first-order chi connectivity index (χ1) is 10.1. The molecule has 110 valence electrons. The van der Waals surface area contributed by atoms with Gasteiger partial charge in [0, 0.05) is 16.8 Å². The minimum absolute atomic E-state index is 1.08. The third-order valence-corrected chi connectivity index (χ3v) is 3.75. The molecular weight excluding hydrogens is 254 g/mol. The zero-order valence-electron chi connectivity index (χ0n) is 13.4. The fourth-order valence-corrected chi connectivity index (χ4v) is 2.78. The average molecular weight is 279 g/mol. The zero-order valence-corrected chi connectivity index (χ0v) is 13.4. The second kappa shape index (κ2) is 7.21. The van der Waals surface area contributed by atoms with Crippen LogP contribution in [0, 0.1) is 6.92 Å². The first-order valence-corrected chi connectivity index (χ1v) is 7.85.